The molecule has 0 aliphatic heterocycles. The Balaban J connectivity index is 1.86. The lowest BCUT2D eigenvalue weighted by atomic mass is 10.0. The van der Waals surface area contributed by atoms with E-state index in [1.165, 1.54) is 12.1 Å². The maximum Gasteiger partial charge on any atom is 0.255 e. The van der Waals surface area contributed by atoms with Gasteiger partial charge in [-0.2, -0.15) is 5.26 Å². The molecule has 1 aromatic heterocycles. The Morgan fingerprint density at radius 1 is 1.10 bits per heavy atom. The van der Waals surface area contributed by atoms with Crippen LogP contribution in [0.25, 0.3) is 11.3 Å². The number of hydrogen-bond acceptors (Lipinski definition) is 5. The molecular formula is C24H24FN5O. The number of aromatic nitrogens is 1. The highest BCUT2D eigenvalue weighted by Crippen LogP contribution is 2.25. The molecule has 31 heavy (non-hydrogen) atoms. The Bertz CT molecular complexity index is 1090. The average molecular weight is 417 g/mol. The van der Waals surface area contributed by atoms with Crippen molar-refractivity contribution in [1.29, 1.82) is 5.26 Å². The number of amides is 1. The van der Waals surface area contributed by atoms with Crippen LogP contribution in [-0.4, -0.2) is 30.5 Å². The van der Waals surface area contributed by atoms with E-state index >= 15 is 0 Å². The Morgan fingerprint density at radius 2 is 1.94 bits per heavy atom. The van der Waals surface area contributed by atoms with Crippen molar-refractivity contribution in [2.45, 2.75) is 12.8 Å². The van der Waals surface area contributed by atoms with E-state index in [1.54, 1.807) is 30.3 Å². The molecule has 0 saturated carbocycles. The summed E-state index contributed by atoms with van der Waals surface area (Å²) in [5, 5.41) is 15.4. The number of hydrogen-bond donors (Lipinski definition) is 3. The SMILES string of the molecule is N#Cc1ccccc1-c1ccc(C(=O)NCCCN)c(NCCc2cccc(F)c2)n1. The number of pyridine rings is 1. The number of nitrogens with one attached hydrogen (secondary N) is 2. The summed E-state index contributed by atoms with van der Waals surface area (Å²) in [5.74, 6) is -0.132. The molecule has 158 valence electrons. The molecular weight excluding hydrogens is 393 g/mol. The summed E-state index contributed by atoms with van der Waals surface area (Å²) in [6.07, 6.45) is 1.24. The first-order valence-electron chi connectivity index (χ1n) is 10.1. The number of carbonyl (C=O) groups is 1. The van der Waals surface area contributed by atoms with Crippen LogP contribution in [0.1, 0.15) is 27.9 Å². The van der Waals surface area contributed by atoms with Crippen LogP contribution in [0.3, 0.4) is 0 Å². The molecule has 2 aromatic carbocycles. The van der Waals surface area contributed by atoms with Gasteiger partial charge in [-0.3, -0.25) is 4.79 Å². The zero-order valence-corrected chi connectivity index (χ0v) is 17.1. The van der Waals surface area contributed by atoms with E-state index in [2.05, 4.69) is 21.7 Å². The van der Waals surface area contributed by atoms with Gasteiger partial charge < -0.3 is 16.4 Å². The fourth-order valence-corrected chi connectivity index (χ4v) is 3.15. The first kappa shape index (κ1) is 21.9. The van der Waals surface area contributed by atoms with E-state index in [0.29, 0.717) is 60.7 Å². The summed E-state index contributed by atoms with van der Waals surface area (Å²) in [4.78, 5) is 17.3. The Kier molecular flexibility index (Phi) is 7.68. The molecule has 1 heterocycles. The van der Waals surface area contributed by atoms with Crippen LogP contribution in [0.2, 0.25) is 0 Å². The zero-order chi connectivity index (χ0) is 22.1. The molecule has 4 N–H and O–H groups in total. The Hall–Kier alpha value is -3.76. The van der Waals surface area contributed by atoms with E-state index < -0.39 is 0 Å². The van der Waals surface area contributed by atoms with Gasteiger partial charge in [0, 0.05) is 18.7 Å². The molecule has 0 spiro atoms. The van der Waals surface area contributed by atoms with Gasteiger partial charge in [-0.25, -0.2) is 9.37 Å². The smallest absolute Gasteiger partial charge is 0.255 e. The molecule has 3 rings (SSSR count). The average Bonchev–Trinajstić information content (AvgIpc) is 2.79. The van der Waals surface area contributed by atoms with Crippen molar-refractivity contribution < 1.29 is 9.18 Å². The topological polar surface area (TPSA) is 104 Å². The second-order valence-electron chi connectivity index (χ2n) is 6.95. The second kappa shape index (κ2) is 10.9. The van der Waals surface area contributed by atoms with Crippen LogP contribution in [0.15, 0.2) is 60.7 Å². The minimum absolute atomic E-state index is 0.255. The van der Waals surface area contributed by atoms with Gasteiger partial charge in [0.25, 0.3) is 5.91 Å². The molecule has 0 bridgehead atoms. The van der Waals surface area contributed by atoms with Gasteiger partial charge in [-0.15, -0.1) is 0 Å². The summed E-state index contributed by atoms with van der Waals surface area (Å²) in [5.41, 5.74) is 8.51. The quantitative estimate of drug-likeness (QED) is 0.463. The molecule has 6 nitrogen and oxygen atoms in total. The highest BCUT2D eigenvalue weighted by Gasteiger charge is 2.15. The van der Waals surface area contributed by atoms with Gasteiger partial charge in [0.05, 0.1) is 22.9 Å². The maximum absolute atomic E-state index is 13.4. The van der Waals surface area contributed by atoms with Crippen molar-refractivity contribution in [3.05, 3.63) is 83.2 Å². The van der Waals surface area contributed by atoms with Crippen LogP contribution in [0.5, 0.6) is 0 Å². The molecule has 0 aliphatic carbocycles. The number of rotatable bonds is 9. The fourth-order valence-electron chi connectivity index (χ4n) is 3.15. The summed E-state index contributed by atoms with van der Waals surface area (Å²) in [7, 11) is 0. The van der Waals surface area contributed by atoms with E-state index in [9.17, 15) is 14.4 Å². The lowest BCUT2D eigenvalue weighted by molar-refractivity contribution is 0.0954. The third-order valence-corrected chi connectivity index (χ3v) is 4.72. The largest absolute Gasteiger partial charge is 0.369 e. The number of nitriles is 1. The first-order valence-corrected chi connectivity index (χ1v) is 10.1. The number of halogens is 1. The summed E-state index contributed by atoms with van der Waals surface area (Å²) in [6, 6.07) is 19.2. The number of carbonyl (C=O) groups excluding carboxylic acids is 1. The minimum atomic E-state index is -0.286. The van der Waals surface area contributed by atoms with Gasteiger partial charge >= 0.3 is 0 Å². The monoisotopic (exact) mass is 417 g/mol. The molecule has 1 amide bonds. The third kappa shape index (κ3) is 5.87. The van der Waals surface area contributed by atoms with Crippen LogP contribution in [0.4, 0.5) is 10.2 Å². The van der Waals surface area contributed by atoms with Gasteiger partial charge in [-0.1, -0.05) is 30.3 Å². The predicted molar refractivity (Wildman–Crippen MR) is 119 cm³/mol. The minimum Gasteiger partial charge on any atom is -0.369 e. The lowest BCUT2D eigenvalue weighted by Crippen LogP contribution is -2.27. The van der Waals surface area contributed by atoms with Gasteiger partial charge in [-0.05, 0) is 55.3 Å². The molecule has 0 saturated heterocycles. The molecule has 0 aliphatic rings. The number of nitrogens with two attached hydrogens (primary N) is 1. The van der Waals surface area contributed by atoms with Crippen molar-refractivity contribution in [1.82, 2.24) is 10.3 Å². The van der Waals surface area contributed by atoms with Crippen LogP contribution < -0.4 is 16.4 Å². The maximum atomic E-state index is 13.4. The van der Waals surface area contributed by atoms with Gasteiger partial charge in [0.1, 0.15) is 11.6 Å². The number of nitrogens with zero attached hydrogens (tertiary/aromatic N) is 2. The lowest BCUT2D eigenvalue weighted by Gasteiger charge is -2.14. The number of anilines is 1. The van der Waals surface area contributed by atoms with Gasteiger partial charge in [0.15, 0.2) is 0 Å². The van der Waals surface area contributed by atoms with E-state index in [4.69, 9.17) is 5.73 Å². The van der Waals surface area contributed by atoms with Gasteiger partial charge in [0.2, 0.25) is 0 Å². The first-order chi connectivity index (χ1) is 15.1. The molecule has 0 fully saturated rings. The summed E-state index contributed by atoms with van der Waals surface area (Å²) < 4.78 is 13.4. The van der Waals surface area contributed by atoms with Crippen molar-refractivity contribution >= 4 is 11.7 Å². The molecule has 7 heteroatoms. The van der Waals surface area contributed by atoms with E-state index in [1.807, 2.05) is 18.2 Å². The molecule has 0 radical (unpaired) electrons. The highest BCUT2D eigenvalue weighted by atomic mass is 19.1. The highest BCUT2D eigenvalue weighted by molar-refractivity contribution is 5.99. The number of benzene rings is 2. The Labute approximate surface area is 180 Å². The van der Waals surface area contributed by atoms with Crippen LogP contribution in [0, 0.1) is 17.1 Å². The van der Waals surface area contributed by atoms with Crippen molar-refractivity contribution in [3.63, 3.8) is 0 Å². The zero-order valence-electron chi connectivity index (χ0n) is 17.1. The van der Waals surface area contributed by atoms with Crippen molar-refractivity contribution in [2.24, 2.45) is 5.73 Å². The Morgan fingerprint density at radius 3 is 2.71 bits per heavy atom. The third-order valence-electron chi connectivity index (χ3n) is 4.72. The molecule has 0 unspecified atom stereocenters. The fraction of sp³-hybridized carbons (Fsp3) is 0.208. The standard InChI is InChI=1S/C24H24FN5O/c25-19-7-3-5-17(15-19)11-14-28-23-21(24(31)29-13-4-12-26)9-10-22(30-23)20-8-2-1-6-18(20)16-27/h1-3,5-10,15H,4,11-14,26H2,(H,28,30)(H,29,31). The second-order valence-corrected chi connectivity index (χ2v) is 6.95. The van der Waals surface area contributed by atoms with Crippen LogP contribution >= 0.6 is 0 Å². The summed E-state index contributed by atoms with van der Waals surface area (Å²) >= 11 is 0. The normalized spacial score (nSPS) is 10.4. The van der Waals surface area contributed by atoms with Crippen LogP contribution in [-0.2, 0) is 6.42 Å². The molecule has 0 atom stereocenters. The predicted octanol–water partition coefficient (Wildman–Crippen LogP) is 3.49. The van der Waals surface area contributed by atoms with Crippen molar-refractivity contribution in [2.75, 3.05) is 25.0 Å². The van der Waals surface area contributed by atoms with E-state index in [-0.39, 0.29) is 11.7 Å². The summed E-state index contributed by atoms with van der Waals surface area (Å²) in [6.45, 7) is 1.42. The molecule has 3 aromatic rings. The van der Waals surface area contributed by atoms with E-state index in [0.717, 1.165) is 5.56 Å². The van der Waals surface area contributed by atoms with Crippen molar-refractivity contribution in [3.8, 4) is 17.3 Å².